The summed E-state index contributed by atoms with van der Waals surface area (Å²) in [5.41, 5.74) is 5.88. The molecule has 0 saturated heterocycles. The van der Waals surface area contributed by atoms with Crippen LogP contribution >= 0.6 is 0 Å². The number of carbonyl (C=O) groups excluding carboxylic acids is 1. The first-order chi connectivity index (χ1) is 14.2. The number of hydrazine groups is 2. The van der Waals surface area contributed by atoms with Gasteiger partial charge in [0.25, 0.3) is 5.91 Å². The summed E-state index contributed by atoms with van der Waals surface area (Å²) in [5.74, 6) is -0.863. The van der Waals surface area contributed by atoms with Crippen LogP contribution in [0.1, 0.15) is 35.0 Å². The van der Waals surface area contributed by atoms with Crippen molar-refractivity contribution in [1.29, 1.82) is 0 Å². The van der Waals surface area contributed by atoms with E-state index in [1.165, 1.54) is 17.9 Å². The van der Waals surface area contributed by atoms with Crippen molar-refractivity contribution in [2.24, 2.45) is 0 Å². The molecule has 30 heavy (non-hydrogen) atoms. The van der Waals surface area contributed by atoms with E-state index in [4.69, 9.17) is 0 Å². The summed E-state index contributed by atoms with van der Waals surface area (Å²) in [5, 5.41) is 1.55. The lowest BCUT2D eigenvalue weighted by molar-refractivity contribution is -0.141. The fourth-order valence-electron chi connectivity index (χ4n) is 3.53. The van der Waals surface area contributed by atoms with E-state index < -0.39 is 23.6 Å². The van der Waals surface area contributed by atoms with Crippen LogP contribution < -0.4 is 16.0 Å². The zero-order valence-electron chi connectivity index (χ0n) is 16.0. The number of anilines is 1. The third kappa shape index (κ3) is 3.43. The lowest BCUT2D eigenvalue weighted by Gasteiger charge is -2.35. The predicted octanol–water partition coefficient (Wildman–Crippen LogP) is 2.31. The van der Waals surface area contributed by atoms with Gasteiger partial charge in [-0.15, -0.1) is 5.53 Å². The molecule has 1 atom stereocenters. The molecule has 0 aliphatic carbocycles. The zero-order chi connectivity index (χ0) is 21.6. The summed E-state index contributed by atoms with van der Waals surface area (Å²) >= 11 is 0. The molecule has 8 nitrogen and oxygen atoms in total. The molecular formula is C18H17F4N7O. The Kier molecular flexibility index (Phi) is 4.80. The predicted molar refractivity (Wildman–Crippen MR) is 96.9 cm³/mol. The van der Waals surface area contributed by atoms with Crippen molar-refractivity contribution in [2.75, 3.05) is 11.6 Å². The highest BCUT2D eigenvalue weighted by Gasteiger charge is 2.39. The Balaban J connectivity index is 1.61. The highest BCUT2D eigenvalue weighted by molar-refractivity contribution is 5.96. The van der Waals surface area contributed by atoms with Crippen molar-refractivity contribution in [3.8, 4) is 0 Å². The fraction of sp³-hybridized carbons (Fsp3) is 0.333. The molecule has 0 unspecified atom stereocenters. The number of alkyl halides is 3. The van der Waals surface area contributed by atoms with E-state index in [-0.39, 0.29) is 29.7 Å². The SMILES string of the molecule is Cc1c(C(=O)N2CC3=C(C[C@H]2C)N(c2ncc(F)cn2)NN3)ccnc1C(F)(F)F. The summed E-state index contributed by atoms with van der Waals surface area (Å²) in [7, 11) is 0. The van der Waals surface area contributed by atoms with E-state index in [1.807, 2.05) is 0 Å². The van der Waals surface area contributed by atoms with Crippen LogP contribution in [0.25, 0.3) is 0 Å². The summed E-state index contributed by atoms with van der Waals surface area (Å²) in [6.07, 6.45) is -1.19. The first kappa shape index (κ1) is 20.0. The fourth-order valence-corrected chi connectivity index (χ4v) is 3.53. The maximum atomic E-state index is 13.2. The van der Waals surface area contributed by atoms with E-state index in [0.29, 0.717) is 12.1 Å². The van der Waals surface area contributed by atoms with E-state index in [2.05, 4.69) is 25.9 Å². The smallest absolute Gasteiger partial charge is 0.330 e. The molecule has 0 spiro atoms. The minimum atomic E-state index is -4.64. The first-order valence-electron chi connectivity index (χ1n) is 9.02. The Bertz CT molecular complexity index is 1020. The lowest BCUT2D eigenvalue weighted by Crippen LogP contribution is -2.45. The highest BCUT2D eigenvalue weighted by atomic mass is 19.4. The third-order valence-electron chi connectivity index (χ3n) is 5.06. The average molecular weight is 423 g/mol. The molecule has 158 valence electrons. The molecule has 0 aromatic carbocycles. The van der Waals surface area contributed by atoms with Gasteiger partial charge in [0.1, 0.15) is 5.69 Å². The second-order valence-electron chi connectivity index (χ2n) is 7.01. The maximum Gasteiger partial charge on any atom is 0.433 e. The van der Waals surface area contributed by atoms with Crippen LogP contribution in [0.15, 0.2) is 36.1 Å². The number of rotatable bonds is 2. The van der Waals surface area contributed by atoms with Crippen LogP contribution in [0.5, 0.6) is 0 Å². The molecule has 2 aliphatic heterocycles. The molecule has 1 amide bonds. The quantitative estimate of drug-likeness (QED) is 0.717. The summed E-state index contributed by atoms with van der Waals surface area (Å²) < 4.78 is 52.6. The normalized spacial score (nSPS) is 19.1. The summed E-state index contributed by atoms with van der Waals surface area (Å²) in [6, 6.07) is 0.977. The number of halogens is 4. The standard InChI is InChI=1S/C18H17F4N7O/c1-9-5-14-13(26-27-29(14)17-24-6-11(19)7-25-17)8-28(9)16(30)12-3-4-23-15(10(12)2)18(20,21)22/h3-4,6-7,9,26-27H,5,8H2,1-2H3/t9-/m1/s1. The molecule has 4 rings (SSSR count). The number of nitrogens with zero attached hydrogens (tertiary/aromatic N) is 5. The average Bonchev–Trinajstić information content (AvgIpc) is 3.09. The van der Waals surface area contributed by atoms with Crippen LogP contribution in [-0.4, -0.2) is 38.3 Å². The van der Waals surface area contributed by atoms with Gasteiger partial charge in [0.2, 0.25) is 5.95 Å². The molecular weight excluding hydrogens is 406 g/mol. The van der Waals surface area contributed by atoms with Crippen molar-refractivity contribution in [1.82, 2.24) is 30.8 Å². The molecule has 0 saturated carbocycles. The van der Waals surface area contributed by atoms with Crippen molar-refractivity contribution in [2.45, 2.75) is 32.5 Å². The minimum absolute atomic E-state index is 0.0436. The summed E-state index contributed by atoms with van der Waals surface area (Å²) in [6.45, 7) is 3.18. The molecule has 2 N–H and O–H groups in total. The van der Waals surface area contributed by atoms with Crippen molar-refractivity contribution in [3.63, 3.8) is 0 Å². The lowest BCUT2D eigenvalue weighted by atomic mass is 10.0. The molecule has 12 heteroatoms. The summed E-state index contributed by atoms with van der Waals surface area (Å²) in [4.78, 5) is 25.8. The van der Waals surface area contributed by atoms with Crippen LogP contribution in [0.2, 0.25) is 0 Å². The van der Waals surface area contributed by atoms with Crippen LogP contribution in [-0.2, 0) is 6.18 Å². The Morgan fingerprint density at radius 3 is 2.60 bits per heavy atom. The number of nitrogens with one attached hydrogen (secondary N) is 2. The van der Waals surface area contributed by atoms with Gasteiger partial charge in [-0.1, -0.05) is 0 Å². The van der Waals surface area contributed by atoms with Crippen molar-refractivity contribution in [3.05, 3.63) is 58.7 Å². The second kappa shape index (κ2) is 7.20. The highest BCUT2D eigenvalue weighted by Crippen LogP contribution is 2.33. The Hall–Kier alpha value is -3.28. The number of amides is 1. The minimum Gasteiger partial charge on any atom is -0.330 e. The number of hydrogen-bond acceptors (Lipinski definition) is 7. The molecule has 2 aliphatic rings. The molecule has 0 fully saturated rings. The van der Waals surface area contributed by atoms with Crippen LogP contribution in [0.3, 0.4) is 0 Å². The number of carbonyl (C=O) groups is 1. The van der Waals surface area contributed by atoms with Crippen molar-refractivity contribution >= 4 is 11.9 Å². The number of pyridine rings is 1. The Morgan fingerprint density at radius 1 is 1.23 bits per heavy atom. The number of hydrogen-bond donors (Lipinski definition) is 2. The van der Waals surface area contributed by atoms with Gasteiger partial charge >= 0.3 is 6.18 Å². The van der Waals surface area contributed by atoms with Gasteiger partial charge in [0.05, 0.1) is 30.3 Å². The number of aromatic nitrogens is 3. The third-order valence-corrected chi connectivity index (χ3v) is 5.06. The molecule has 2 aromatic heterocycles. The first-order valence-corrected chi connectivity index (χ1v) is 9.02. The largest absolute Gasteiger partial charge is 0.433 e. The van der Waals surface area contributed by atoms with Gasteiger partial charge in [0.15, 0.2) is 5.82 Å². The van der Waals surface area contributed by atoms with Gasteiger partial charge in [-0.2, -0.15) is 13.2 Å². The van der Waals surface area contributed by atoms with Gasteiger partial charge in [-0.05, 0) is 25.5 Å². The van der Waals surface area contributed by atoms with E-state index in [9.17, 15) is 22.4 Å². The maximum absolute atomic E-state index is 13.2. The monoisotopic (exact) mass is 423 g/mol. The van der Waals surface area contributed by atoms with Gasteiger partial charge in [-0.25, -0.2) is 19.4 Å². The van der Waals surface area contributed by atoms with E-state index in [0.717, 1.165) is 24.3 Å². The Labute approximate surface area is 168 Å². The van der Waals surface area contributed by atoms with Gasteiger partial charge in [0, 0.05) is 24.2 Å². The van der Waals surface area contributed by atoms with E-state index >= 15 is 0 Å². The van der Waals surface area contributed by atoms with Crippen LogP contribution in [0.4, 0.5) is 23.5 Å². The molecule has 4 heterocycles. The second-order valence-corrected chi connectivity index (χ2v) is 7.01. The van der Waals surface area contributed by atoms with Gasteiger partial charge in [-0.3, -0.25) is 9.78 Å². The zero-order valence-corrected chi connectivity index (χ0v) is 16.0. The van der Waals surface area contributed by atoms with Crippen LogP contribution in [0, 0.1) is 12.7 Å². The van der Waals surface area contributed by atoms with Crippen molar-refractivity contribution < 1.29 is 22.4 Å². The molecule has 0 radical (unpaired) electrons. The Morgan fingerprint density at radius 2 is 1.93 bits per heavy atom. The van der Waals surface area contributed by atoms with Gasteiger partial charge < -0.3 is 10.3 Å². The molecule has 2 aromatic rings. The molecule has 0 bridgehead atoms. The van der Waals surface area contributed by atoms with E-state index in [1.54, 1.807) is 11.9 Å². The topological polar surface area (TPSA) is 86.3 Å².